The van der Waals surface area contributed by atoms with Gasteiger partial charge in [-0.2, -0.15) is 5.10 Å². The van der Waals surface area contributed by atoms with Gasteiger partial charge >= 0.3 is 12.0 Å². The highest BCUT2D eigenvalue weighted by molar-refractivity contribution is 5.82. The van der Waals surface area contributed by atoms with Gasteiger partial charge in [-0.15, -0.1) is 0 Å². The summed E-state index contributed by atoms with van der Waals surface area (Å²) in [6, 6.07) is -1.58. The number of carboxylic acids is 1. The van der Waals surface area contributed by atoms with Crippen molar-refractivity contribution in [3.05, 3.63) is 18.0 Å². The summed E-state index contributed by atoms with van der Waals surface area (Å²) >= 11 is 0. The molecule has 4 N–H and O–H groups in total. The first-order valence-electron chi connectivity index (χ1n) is 6.33. The highest BCUT2D eigenvalue weighted by atomic mass is 16.4. The van der Waals surface area contributed by atoms with Crippen molar-refractivity contribution >= 4 is 12.0 Å². The third kappa shape index (κ3) is 4.99. The second-order valence-electron chi connectivity index (χ2n) is 4.40. The molecule has 0 aliphatic heterocycles. The van der Waals surface area contributed by atoms with Crippen molar-refractivity contribution in [2.24, 2.45) is 0 Å². The minimum absolute atomic E-state index is 0.237. The number of hydrogen-bond acceptors (Lipinski definition) is 3. The topological polar surface area (TPSA) is 107 Å². The van der Waals surface area contributed by atoms with Crippen LogP contribution in [0.15, 0.2) is 12.4 Å². The summed E-state index contributed by atoms with van der Waals surface area (Å²) in [5.74, 6) is -1.01. The second-order valence-corrected chi connectivity index (χ2v) is 4.40. The summed E-state index contributed by atoms with van der Waals surface area (Å²) < 4.78 is 0. The van der Waals surface area contributed by atoms with E-state index in [1.165, 1.54) is 0 Å². The lowest BCUT2D eigenvalue weighted by atomic mass is 10.1. The summed E-state index contributed by atoms with van der Waals surface area (Å²) in [5.41, 5.74) is 0.829. The number of aromatic amines is 1. The highest BCUT2D eigenvalue weighted by Crippen LogP contribution is 2.08. The first-order chi connectivity index (χ1) is 9.04. The molecular weight excluding hydrogens is 248 g/mol. The number of rotatable bonds is 7. The van der Waals surface area contributed by atoms with E-state index in [0.717, 1.165) is 18.4 Å². The zero-order valence-electron chi connectivity index (χ0n) is 11.1. The highest BCUT2D eigenvalue weighted by Gasteiger charge is 2.20. The Morgan fingerprint density at radius 2 is 2.21 bits per heavy atom. The van der Waals surface area contributed by atoms with E-state index in [0.29, 0.717) is 6.42 Å². The maximum Gasteiger partial charge on any atom is 0.326 e. The lowest BCUT2D eigenvalue weighted by Gasteiger charge is -2.17. The molecule has 0 aliphatic carbocycles. The molecule has 0 aliphatic rings. The number of nitrogens with one attached hydrogen (secondary N) is 3. The molecule has 1 heterocycles. The largest absolute Gasteiger partial charge is 0.480 e. The molecule has 7 nitrogen and oxygen atoms in total. The average Bonchev–Trinajstić information content (AvgIpc) is 2.87. The monoisotopic (exact) mass is 268 g/mol. The van der Waals surface area contributed by atoms with Crippen LogP contribution in [0, 0.1) is 0 Å². The van der Waals surface area contributed by atoms with Crippen LogP contribution < -0.4 is 10.6 Å². The maximum atomic E-state index is 11.7. The molecule has 0 fully saturated rings. The number of carboxylic acid groups (broad SMARTS) is 1. The number of carbonyl (C=O) groups is 2. The molecule has 0 saturated heterocycles. The average molecular weight is 268 g/mol. The molecule has 0 radical (unpaired) electrons. The first-order valence-corrected chi connectivity index (χ1v) is 6.33. The van der Waals surface area contributed by atoms with E-state index in [2.05, 4.69) is 20.8 Å². The number of urea groups is 1. The lowest BCUT2D eigenvalue weighted by molar-refractivity contribution is -0.139. The molecule has 2 atom stereocenters. The van der Waals surface area contributed by atoms with E-state index >= 15 is 0 Å². The number of nitrogens with zero attached hydrogens (tertiary/aromatic N) is 1. The van der Waals surface area contributed by atoms with Gasteiger partial charge in [0.15, 0.2) is 0 Å². The molecule has 1 aromatic heterocycles. The Hall–Kier alpha value is -2.05. The van der Waals surface area contributed by atoms with E-state index in [4.69, 9.17) is 5.11 Å². The number of carbonyl (C=O) groups excluding carboxylic acids is 1. The molecule has 0 spiro atoms. The fourth-order valence-electron chi connectivity index (χ4n) is 1.64. The van der Waals surface area contributed by atoms with E-state index in [9.17, 15) is 9.59 Å². The molecule has 7 heteroatoms. The van der Waals surface area contributed by atoms with Crippen molar-refractivity contribution in [1.29, 1.82) is 0 Å². The SMILES string of the molecule is CCCC[C@H](NC(=O)NC(C)c1cn[nH]c1)C(=O)O. The quantitative estimate of drug-likeness (QED) is 0.599. The van der Waals surface area contributed by atoms with Crippen molar-refractivity contribution in [3.63, 3.8) is 0 Å². The van der Waals surface area contributed by atoms with E-state index in [1.54, 1.807) is 19.3 Å². The third-order valence-corrected chi connectivity index (χ3v) is 2.82. The molecule has 1 unspecified atom stereocenters. The van der Waals surface area contributed by atoms with Gasteiger partial charge < -0.3 is 15.7 Å². The summed E-state index contributed by atoms with van der Waals surface area (Å²) in [7, 11) is 0. The van der Waals surface area contributed by atoms with Crippen molar-refractivity contribution in [3.8, 4) is 0 Å². The normalized spacial score (nSPS) is 13.6. The van der Waals surface area contributed by atoms with E-state index in [1.807, 2.05) is 6.92 Å². The van der Waals surface area contributed by atoms with Gasteiger partial charge in [-0.05, 0) is 13.3 Å². The van der Waals surface area contributed by atoms with E-state index in [-0.39, 0.29) is 6.04 Å². The van der Waals surface area contributed by atoms with Gasteiger partial charge in [0.2, 0.25) is 0 Å². The molecule has 1 rings (SSSR count). The minimum atomic E-state index is -1.01. The summed E-state index contributed by atoms with van der Waals surface area (Å²) in [5, 5.41) is 20.6. The fourth-order valence-corrected chi connectivity index (χ4v) is 1.64. The number of H-pyrrole nitrogens is 1. The zero-order valence-corrected chi connectivity index (χ0v) is 11.1. The van der Waals surface area contributed by atoms with Crippen molar-refractivity contribution < 1.29 is 14.7 Å². The third-order valence-electron chi connectivity index (χ3n) is 2.82. The van der Waals surface area contributed by atoms with Crippen LogP contribution in [0.2, 0.25) is 0 Å². The Labute approximate surface area is 111 Å². The zero-order chi connectivity index (χ0) is 14.3. The number of aromatic nitrogens is 2. The van der Waals surface area contributed by atoms with E-state index < -0.39 is 18.0 Å². The molecule has 1 aromatic rings. The molecular formula is C12H20N4O3. The first kappa shape index (κ1) is 15.0. The second kappa shape index (κ2) is 7.40. The molecule has 2 amide bonds. The van der Waals surface area contributed by atoms with Crippen molar-refractivity contribution in [1.82, 2.24) is 20.8 Å². The standard InChI is InChI=1S/C12H20N4O3/c1-3-4-5-10(11(17)18)16-12(19)15-8(2)9-6-13-14-7-9/h6-8,10H,3-5H2,1-2H3,(H,13,14)(H,17,18)(H2,15,16,19)/t8?,10-/m0/s1. The van der Waals surface area contributed by atoms with Crippen LogP contribution in [0.3, 0.4) is 0 Å². The minimum Gasteiger partial charge on any atom is -0.480 e. The fraction of sp³-hybridized carbons (Fsp3) is 0.583. The molecule has 0 saturated carbocycles. The predicted octanol–water partition coefficient (Wildman–Crippen LogP) is 1.41. The van der Waals surface area contributed by atoms with Crippen LogP contribution in [0.5, 0.6) is 0 Å². The summed E-state index contributed by atoms with van der Waals surface area (Å²) in [6.07, 6.45) is 5.36. The van der Waals surface area contributed by atoms with Crippen LogP contribution in [0.1, 0.15) is 44.7 Å². The van der Waals surface area contributed by atoms with Crippen LogP contribution in [0.4, 0.5) is 4.79 Å². The van der Waals surface area contributed by atoms with Gasteiger partial charge in [-0.25, -0.2) is 9.59 Å². The predicted molar refractivity (Wildman–Crippen MR) is 69.6 cm³/mol. The van der Waals surface area contributed by atoms with Crippen LogP contribution in [-0.2, 0) is 4.79 Å². The van der Waals surface area contributed by atoms with Gasteiger partial charge in [0.05, 0.1) is 12.2 Å². The Kier molecular flexibility index (Phi) is 5.84. The smallest absolute Gasteiger partial charge is 0.326 e. The number of aliphatic carboxylic acids is 1. The maximum absolute atomic E-state index is 11.7. The van der Waals surface area contributed by atoms with Crippen molar-refractivity contribution in [2.75, 3.05) is 0 Å². The van der Waals surface area contributed by atoms with Gasteiger partial charge in [0, 0.05) is 11.8 Å². The van der Waals surface area contributed by atoms with Crippen molar-refractivity contribution in [2.45, 2.75) is 45.2 Å². The molecule has 0 aromatic carbocycles. The van der Waals surface area contributed by atoms with Gasteiger partial charge in [0.25, 0.3) is 0 Å². The number of unbranched alkanes of at least 4 members (excludes halogenated alkanes) is 1. The van der Waals surface area contributed by atoms with Gasteiger partial charge in [-0.1, -0.05) is 19.8 Å². The molecule has 106 valence electrons. The van der Waals surface area contributed by atoms with Gasteiger partial charge in [-0.3, -0.25) is 5.10 Å². The summed E-state index contributed by atoms with van der Waals surface area (Å²) in [4.78, 5) is 22.7. The Bertz CT molecular complexity index is 405. The van der Waals surface area contributed by atoms with Gasteiger partial charge in [0.1, 0.15) is 6.04 Å². The van der Waals surface area contributed by atoms with Crippen LogP contribution >= 0.6 is 0 Å². The number of amides is 2. The molecule has 0 bridgehead atoms. The Morgan fingerprint density at radius 1 is 1.47 bits per heavy atom. The van der Waals surface area contributed by atoms with Crippen LogP contribution in [0.25, 0.3) is 0 Å². The Balaban J connectivity index is 2.46. The Morgan fingerprint density at radius 3 is 2.74 bits per heavy atom. The summed E-state index contributed by atoms with van der Waals surface area (Å²) in [6.45, 7) is 3.77. The number of hydrogen-bond donors (Lipinski definition) is 4. The van der Waals surface area contributed by atoms with Crippen LogP contribution in [-0.4, -0.2) is 33.3 Å². The molecule has 19 heavy (non-hydrogen) atoms. The lowest BCUT2D eigenvalue weighted by Crippen LogP contribution is -2.46.